The van der Waals surface area contributed by atoms with Crippen LogP contribution < -0.4 is 4.46 Å². The van der Waals surface area contributed by atoms with Crippen molar-refractivity contribution in [1.82, 2.24) is 0 Å². The molecule has 0 saturated heterocycles. The summed E-state index contributed by atoms with van der Waals surface area (Å²) in [5.41, 5.74) is -0.608. The van der Waals surface area contributed by atoms with Gasteiger partial charge in [0, 0.05) is 0 Å². The first-order chi connectivity index (χ1) is 6.97. The van der Waals surface area contributed by atoms with Crippen molar-refractivity contribution in [2.75, 3.05) is 0 Å². The molecule has 0 aliphatic carbocycles. The molecule has 0 aromatic heterocycles. The first-order valence-corrected chi connectivity index (χ1v) is 5.10. The predicted molar refractivity (Wildman–Crippen MR) is 54.3 cm³/mol. The molecule has 1 radical (unpaired) electrons. The molecular formula is C11H6F3Se. The van der Waals surface area contributed by atoms with E-state index in [1.807, 2.05) is 6.07 Å². The Morgan fingerprint density at radius 3 is 2.13 bits per heavy atom. The van der Waals surface area contributed by atoms with Crippen LogP contribution in [-0.4, -0.2) is 16.0 Å². The number of alkyl halides is 3. The second-order valence-electron chi connectivity index (χ2n) is 3.22. The Morgan fingerprint density at radius 2 is 1.47 bits per heavy atom. The third-order valence-corrected chi connectivity index (χ3v) is 2.67. The molecule has 0 fully saturated rings. The van der Waals surface area contributed by atoms with Crippen LogP contribution in [0, 0.1) is 0 Å². The molecule has 2 aromatic carbocycles. The number of benzene rings is 2. The van der Waals surface area contributed by atoms with Crippen molar-refractivity contribution < 1.29 is 13.2 Å². The molecule has 0 atom stereocenters. The van der Waals surface area contributed by atoms with Crippen LogP contribution >= 0.6 is 0 Å². The second kappa shape index (κ2) is 3.54. The van der Waals surface area contributed by atoms with Gasteiger partial charge in [-0.15, -0.1) is 0 Å². The van der Waals surface area contributed by atoms with Crippen molar-refractivity contribution in [3.63, 3.8) is 0 Å². The Morgan fingerprint density at radius 1 is 0.867 bits per heavy atom. The number of hydrogen-bond donors (Lipinski definition) is 0. The molecule has 0 spiro atoms. The fraction of sp³-hybridized carbons (Fsp3) is 0.0909. The van der Waals surface area contributed by atoms with E-state index < -0.39 is 11.7 Å². The van der Waals surface area contributed by atoms with Gasteiger partial charge in [-0.25, -0.2) is 0 Å². The minimum atomic E-state index is -4.27. The first kappa shape index (κ1) is 10.5. The third kappa shape index (κ3) is 2.16. The second-order valence-corrected chi connectivity index (χ2v) is 4.21. The maximum atomic E-state index is 12.4. The average Bonchev–Trinajstić information content (AvgIpc) is 2.15. The van der Waals surface area contributed by atoms with Crippen LogP contribution in [0.3, 0.4) is 0 Å². The van der Waals surface area contributed by atoms with E-state index in [1.165, 1.54) is 6.07 Å². The summed E-state index contributed by atoms with van der Waals surface area (Å²) < 4.78 is 38.1. The van der Waals surface area contributed by atoms with Gasteiger partial charge in [0.1, 0.15) is 0 Å². The molecular weight excluding hydrogens is 268 g/mol. The third-order valence-electron chi connectivity index (χ3n) is 2.14. The number of halogens is 3. The monoisotopic (exact) mass is 275 g/mol. The van der Waals surface area contributed by atoms with E-state index in [4.69, 9.17) is 0 Å². The standard InChI is InChI=1S/C11H6F3Se/c12-11(13,14)9-3-1-8-6-10(15)4-2-7(8)5-9/h1-6H. The molecule has 0 aliphatic heterocycles. The molecule has 0 amide bonds. The van der Waals surface area contributed by atoms with Gasteiger partial charge in [-0.3, -0.25) is 0 Å². The van der Waals surface area contributed by atoms with Crippen molar-refractivity contribution in [1.29, 1.82) is 0 Å². The molecule has 2 rings (SSSR count). The van der Waals surface area contributed by atoms with Crippen LogP contribution in [-0.2, 0) is 6.18 Å². The average molecular weight is 274 g/mol. The van der Waals surface area contributed by atoms with Gasteiger partial charge in [0.15, 0.2) is 0 Å². The van der Waals surface area contributed by atoms with E-state index in [0.29, 0.717) is 5.39 Å². The van der Waals surface area contributed by atoms with Crippen LogP contribution in [0.4, 0.5) is 13.2 Å². The van der Waals surface area contributed by atoms with Crippen LogP contribution in [0.15, 0.2) is 36.4 Å². The van der Waals surface area contributed by atoms with E-state index in [2.05, 4.69) is 16.0 Å². The molecule has 0 bridgehead atoms. The Hall–Kier alpha value is -0.991. The van der Waals surface area contributed by atoms with Crippen LogP contribution in [0.2, 0.25) is 0 Å². The molecule has 0 nitrogen and oxygen atoms in total. The van der Waals surface area contributed by atoms with Crippen molar-refractivity contribution in [2.45, 2.75) is 6.18 Å². The van der Waals surface area contributed by atoms with Gasteiger partial charge in [-0.1, -0.05) is 0 Å². The van der Waals surface area contributed by atoms with Gasteiger partial charge >= 0.3 is 92.6 Å². The molecule has 15 heavy (non-hydrogen) atoms. The number of fused-ring (bicyclic) bond motifs is 1. The Bertz CT molecular complexity index is 503. The van der Waals surface area contributed by atoms with Crippen LogP contribution in [0.5, 0.6) is 0 Å². The van der Waals surface area contributed by atoms with Gasteiger partial charge in [0.05, 0.1) is 0 Å². The van der Waals surface area contributed by atoms with Crippen molar-refractivity contribution in [3.05, 3.63) is 42.0 Å². The van der Waals surface area contributed by atoms with Crippen molar-refractivity contribution in [3.8, 4) is 0 Å². The van der Waals surface area contributed by atoms with Crippen LogP contribution in [0.25, 0.3) is 10.8 Å². The Kier molecular flexibility index (Phi) is 2.49. The summed E-state index contributed by atoms with van der Waals surface area (Å²) in [6.07, 6.45) is -4.27. The summed E-state index contributed by atoms with van der Waals surface area (Å²) in [4.78, 5) is 0. The molecule has 0 unspecified atom stereocenters. The van der Waals surface area contributed by atoms with E-state index in [-0.39, 0.29) is 0 Å². The fourth-order valence-corrected chi connectivity index (χ4v) is 1.81. The molecule has 77 valence electrons. The van der Waals surface area contributed by atoms with Crippen LogP contribution in [0.1, 0.15) is 5.56 Å². The Labute approximate surface area is 92.9 Å². The normalized spacial score (nSPS) is 11.9. The maximum absolute atomic E-state index is 12.4. The summed E-state index contributed by atoms with van der Waals surface area (Å²) >= 11 is 2.82. The number of rotatable bonds is 0. The topological polar surface area (TPSA) is 0 Å². The van der Waals surface area contributed by atoms with Gasteiger partial charge in [-0.05, 0) is 0 Å². The number of hydrogen-bond acceptors (Lipinski definition) is 0. The SMILES string of the molecule is FC(F)(F)c1ccc2cc([Se])ccc2c1. The van der Waals surface area contributed by atoms with Gasteiger partial charge in [0.25, 0.3) is 0 Å². The minimum absolute atomic E-state index is 0.601. The Balaban J connectivity index is 2.62. The predicted octanol–water partition coefficient (Wildman–Crippen LogP) is 2.65. The fourth-order valence-electron chi connectivity index (χ4n) is 1.40. The zero-order chi connectivity index (χ0) is 11.1. The quantitative estimate of drug-likeness (QED) is 0.648. The molecule has 0 N–H and O–H groups in total. The molecule has 2 aromatic rings. The van der Waals surface area contributed by atoms with Gasteiger partial charge < -0.3 is 0 Å². The molecule has 0 saturated carbocycles. The summed E-state index contributed by atoms with van der Waals surface area (Å²) in [5, 5.41) is 1.41. The van der Waals surface area contributed by atoms with E-state index in [0.717, 1.165) is 22.0 Å². The summed E-state index contributed by atoms with van der Waals surface area (Å²) in [7, 11) is 0. The molecule has 0 heterocycles. The van der Waals surface area contributed by atoms with E-state index >= 15 is 0 Å². The zero-order valence-corrected chi connectivity index (χ0v) is 9.22. The van der Waals surface area contributed by atoms with E-state index in [1.54, 1.807) is 12.1 Å². The molecule has 4 heteroatoms. The van der Waals surface area contributed by atoms with E-state index in [9.17, 15) is 13.2 Å². The summed E-state index contributed by atoms with van der Waals surface area (Å²) in [5.74, 6) is 0. The summed E-state index contributed by atoms with van der Waals surface area (Å²) in [6, 6.07) is 8.99. The summed E-state index contributed by atoms with van der Waals surface area (Å²) in [6.45, 7) is 0. The first-order valence-electron chi connectivity index (χ1n) is 4.25. The van der Waals surface area contributed by atoms with Crippen molar-refractivity contribution >= 4 is 31.2 Å². The molecule has 0 aliphatic rings. The zero-order valence-electron chi connectivity index (χ0n) is 7.51. The van der Waals surface area contributed by atoms with Gasteiger partial charge in [-0.2, -0.15) is 0 Å². The van der Waals surface area contributed by atoms with Gasteiger partial charge in [0.2, 0.25) is 0 Å². The van der Waals surface area contributed by atoms with Crippen molar-refractivity contribution in [2.24, 2.45) is 0 Å².